The van der Waals surface area contributed by atoms with E-state index in [1.165, 1.54) is 0 Å². The number of amidine groups is 1. The van der Waals surface area contributed by atoms with Gasteiger partial charge in [-0.1, -0.05) is 18.5 Å². The van der Waals surface area contributed by atoms with Gasteiger partial charge >= 0.3 is 0 Å². The molecular formula is C12H21N3O3. The maximum Gasteiger partial charge on any atom is 0.231 e. The summed E-state index contributed by atoms with van der Waals surface area (Å²) >= 11 is 0. The van der Waals surface area contributed by atoms with Crippen LogP contribution in [0.2, 0.25) is 0 Å². The molecular weight excluding hydrogens is 234 g/mol. The van der Waals surface area contributed by atoms with Crippen LogP contribution in [-0.4, -0.2) is 35.2 Å². The van der Waals surface area contributed by atoms with Gasteiger partial charge in [0.1, 0.15) is 0 Å². The van der Waals surface area contributed by atoms with Gasteiger partial charge in [0.2, 0.25) is 5.91 Å². The average molecular weight is 255 g/mol. The number of carbonyl (C=O) groups excluding carboxylic acids is 1. The third kappa shape index (κ3) is 2.58. The smallest absolute Gasteiger partial charge is 0.231 e. The SMILES string of the molecule is CCCC(C(=O)NC1CC2CCC1O2)C(N)=NO. The predicted octanol–water partition coefficient (Wildman–Crippen LogP) is 0.585. The third-order valence-electron chi connectivity index (χ3n) is 3.80. The summed E-state index contributed by atoms with van der Waals surface area (Å²) in [4.78, 5) is 12.1. The van der Waals surface area contributed by atoms with Gasteiger partial charge in [-0.3, -0.25) is 4.79 Å². The summed E-state index contributed by atoms with van der Waals surface area (Å²) in [6.07, 6.45) is 4.83. The molecule has 102 valence electrons. The molecule has 0 aliphatic carbocycles. The molecule has 1 amide bonds. The van der Waals surface area contributed by atoms with Crippen molar-refractivity contribution < 1.29 is 14.7 Å². The molecule has 4 N–H and O–H groups in total. The van der Waals surface area contributed by atoms with Crippen molar-refractivity contribution in [3.8, 4) is 0 Å². The van der Waals surface area contributed by atoms with E-state index in [0.29, 0.717) is 12.5 Å². The van der Waals surface area contributed by atoms with E-state index in [-0.39, 0.29) is 23.9 Å². The first-order chi connectivity index (χ1) is 8.65. The Balaban J connectivity index is 1.93. The molecule has 0 aromatic heterocycles. The molecule has 6 heteroatoms. The fraction of sp³-hybridized carbons (Fsp3) is 0.833. The van der Waals surface area contributed by atoms with Gasteiger partial charge in [-0.15, -0.1) is 0 Å². The number of nitrogens with two attached hydrogens (primary N) is 1. The van der Waals surface area contributed by atoms with E-state index in [2.05, 4.69) is 10.5 Å². The first-order valence-corrected chi connectivity index (χ1v) is 6.59. The van der Waals surface area contributed by atoms with Crippen molar-refractivity contribution in [3.05, 3.63) is 0 Å². The molecule has 0 spiro atoms. The summed E-state index contributed by atoms with van der Waals surface area (Å²) in [6, 6.07) is 0.0853. The fourth-order valence-corrected chi connectivity index (χ4v) is 2.84. The van der Waals surface area contributed by atoms with Crippen LogP contribution in [0.15, 0.2) is 5.16 Å². The number of carbonyl (C=O) groups is 1. The summed E-state index contributed by atoms with van der Waals surface area (Å²) < 4.78 is 5.69. The number of nitrogens with one attached hydrogen (secondary N) is 1. The van der Waals surface area contributed by atoms with Gasteiger partial charge in [-0.25, -0.2) is 0 Å². The van der Waals surface area contributed by atoms with Crippen molar-refractivity contribution in [3.63, 3.8) is 0 Å². The second-order valence-electron chi connectivity index (χ2n) is 5.09. The lowest BCUT2D eigenvalue weighted by Gasteiger charge is -2.23. The van der Waals surface area contributed by atoms with Crippen molar-refractivity contribution in [1.29, 1.82) is 0 Å². The van der Waals surface area contributed by atoms with E-state index in [1.807, 2.05) is 6.92 Å². The maximum absolute atomic E-state index is 12.1. The Bertz CT molecular complexity index is 345. The van der Waals surface area contributed by atoms with Gasteiger partial charge in [-0.05, 0) is 25.7 Å². The van der Waals surface area contributed by atoms with Crippen LogP contribution < -0.4 is 11.1 Å². The van der Waals surface area contributed by atoms with E-state index in [1.54, 1.807) is 0 Å². The number of rotatable bonds is 5. The Morgan fingerprint density at radius 2 is 2.39 bits per heavy atom. The first kappa shape index (κ1) is 13.1. The Kier molecular flexibility index (Phi) is 4.06. The van der Waals surface area contributed by atoms with Crippen LogP contribution in [0.5, 0.6) is 0 Å². The molecule has 2 aliphatic rings. The van der Waals surface area contributed by atoms with Crippen molar-refractivity contribution >= 4 is 11.7 Å². The number of oxime groups is 1. The number of hydrogen-bond acceptors (Lipinski definition) is 4. The molecule has 2 bridgehead atoms. The quantitative estimate of drug-likeness (QED) is 0.290. The summed E-state index contributed by atoms with van der Waals surface area (Å²) in [5.74, 6) is -0.717. The molecule has 18 heavy (non-hydrogen) atoms. The lowest BCUT2D eigenvalue weighted by atomic mass is 9.94. The minimum Gasteiger partial charge on any atom is -0.409 e. The van der Waals surface area contributed by atoms with E-state index < -0.39 is 5.92 Å². The average Bonchev–Trinajstić information content (AvgIpc) is 2.97. The second kappa shape index (κ2) is 5.56. The highest BCUT2D eigenvalue weighted by molar-refractivity contribution is 6.02. The van der Waals surface area contributed by atoms with Gasteiger partial charge in [0, 0.05) is 0 Å². The highest BCUT2D eigenvalue weighted by Crippen LogP contribution is 2.34. The zero-order chi connectivity index (χ0) is 13.1. The molecule has 4 unspecified atom stereocenters. The van der Waals surface area contributed by atoms with Crippen LogP contribution in [0.1, 0.15) is 39.0 Å². The van der Waals surface area contributed by atoms with Gasteiger partial charge in [0.15, 0.2) is 5.84 Å². The normalized spacial score (nSPS) is 32.5. The molecule has 0 aromatic rings. The lowest BCUT2D eigenvalue weighted by Crippen LogP contribution is -2.47. The highest BCUT2D eigenvalue weighted by Gasteiger charge is 2.42. The molecule has 6 nitrogen and oxygen atoms in total. The second-order valence-corrected chi connectivity index (χ2v) is 5.09. The Morgan fingerprint density at radius 3 is 2.89 bits per heavy atom. The van der Waals surface area contributed by atoms with Gasteiger partial charge in [0.25, 0.3) is 0 Å². The van der Waals surface area contributed by atoms with E-state index in [0.717, 1.165) is 25.7 Å². The zero-order valence-electron chi connectivity index (χ0n) is 10.6. The number of amides is 1. The van der Waals surface area contributed by atoms with Crippen LogP contribution in [0.25, 0.3) is 0 Å². The summed E-state index contributed by atoms with van der Waals surface area (Å²) in [5, 5.41) is 14.6. The lowest BCUT2D eigenvalue weighted by molar-refractivity contribution is -0.124. The van der Waals surface area contributed by atoms with Gasteiger partial charge in [0.05, 0.1) is 24.2 Å². The fourth-order valence-electron chi connectivity index (χ4n) is 2.84. The minimum atomic E-state index is -0.542. The molecule has 0 radical (unpaired) electrons. The topological polar surface area (TPSA) is 96.9 Å². The van der Waals surface area contributed by atoms with Crippen LogP contribution in [0.3, 0.4) is 0 Å². The number of hydrogen-bond donors (Lipinski definition) is 3. The largest absolute Gasteiger partial charge is 0.409 e. The van der Waals surface area contributed by atoms with E-state index in [9.17, 15) is 4.79 Å². The predicted molar refractivity (Wildman–Crippen MR) is 66.2 cm³/mol. The summed E-state index contributed by atoms with van der Waals surface area (Å²) in [5.41, 5.74) is 5.56. The molecule has 2 saturated heterocycles. The van der Waals surface area contributed by atoms with Crippen LogP contribution in [0.4, 0.5) is 0 Å². The molecule has 2 heterocycles. The molecule has 0 aromatic carbocycles. The zero-order valence-corrected chi connectivity index (χ0v) is 10.6. The number of ether oxygens (including phenoxy) is 1. The van der Waals surface area contributed by atoms with E-state index >= 15 is 0 Å². The number of fused-ring (bicyclic) bond motifs is 2. The maximum atomic E-state index is 12.1. The Morgan fingerprint density at radius 1 is 1.61 bits per heavy atom. The molecule has 4 atom stereocenters. The first-order valence-electron chi connectivity index (χ1n) is 6.59. The minimum absolute atomic E-state index is 0.0153. The van der Waals surface area contributed by atoms with Crippen molar-refractivity contribution in [1.82, 2.24) is 5.32 Å². The van der Waals surface area contributed by atoms with E-state index in [4.69, 9.17) is 15.7 Å². The standard InChI is InChI=1S/C12H21N3O3/c1-2-3-8(11(13)15-17)12(16)14-9-6-7-4-5-10(9)18-7/h7-10,17H,2-6H2,1H3,(H2,13,15)(H,14,16). The highest BCUT2D eigenvalue weighted by atomic mass is 16.5. The molecule has 2 rings (SSSR count). The van der Waals surface area contributed by atoms with Crippen LogP contribution in [0, 0.1) is 5.92 Å². The van der Waals surface area contributed by atoms with Crippen LogP contribution in [-0.2, 0) is 9.53 Å². The van der Waals surface area contributed by atoms with Crippen molar-refractivity contribution in [2.75, 3.05) is 0 Å². The number of nitrogens with zero attached hydrogens (tertiary/aromatic N) is 1. The summed E-state index contributed by atoms with van der Waals surface area (Å²) in [7, 11) is 0. The Labute approximate surface area is 107 Å². The van der Waals surface area contributed by atoms with Gasteiger partial charge < -0.3 is 21.0 Å². The molecule has 2 fully saturated rings. The molecule has 2 aliphatic heterocycles. The van der Waals surface area contributed by atoms with Gasteiger partial charge in [-0.2, -0.15) is 0 Å². The summed E-state index contributed by atoms with van der Waals surface area (Å²) in [6.45, 7) is 1.96. The van der Waals surface area contributed by atoms with Crippen molar-refractivity contribution in [2.45, 2.75) is 57.3 Å². The monoisotopic (exact) mass is 255 g/mol. The van der Waals surface area contributed by atoms with Crippen LogP contribution >= 0.6 is 0 Å². The third-order valence-corrected chi connectivity index (χ3v) is 3.80. The Hall–Kier alpha value is -1.30. The van der Waals surface area contributed by atoms with Crippen molar-refractivity contribution in [2.24, 2.45) is 16.8 Å². The molecule has 0 saturated carbocycles.